The van der Waals surface area contributed by atoms with Crippen molar-refractivity contribution in [2.24, 2.45) is 5.92 Å². The Kier molecular flexibility index (Phi) is 32.0. The van der Waals surface area contributed by atoms with Gasteiger partial charge in [-0.3, -0.25) is 0 Å². The molecule has 0 atom stereocenters. The number of nitrogens with zero attached hydrogens (tertiary/aromatic N) is 2. The van der Waals surface area contributed by atoms with E-state index in [1.807, 2.05) is 0 Å². The molecule has 0 bridgehead atoms. The van der Waals surface area contributed by atoms with E-state index in [2.05, 4.69) is 90.1 Å². The van der Waals surface area contributed by atoms with E-state index in [4.69, 9.17) is 24.1 Å². The SMILES string of the molecule is CCCCCCCCON(OCCCCCCCC)c1ccc(C(OCCC(C)C)c2ccc(N(OCCCCCCCC)OCCCCCCCC)cc2)cc1. The molecule has 7 heteroatoms. The summed E-state index contributed by atoms with van der Waals surface area (Å²) in [6.07, 6.45) is 30.3. The van der Waals surface area contributed by atoms with Gasteiger partial charge in [0.1, 0.15) is 6.10 Å². The van der Waals surface area contributed by atoms with E-state index >= 15 is 0 Å². The lowest BCUT2D eigenvalue weighted by Gasteiger charge is -2.25. The zero-order valence-electron chi connectivity index (χ0n) is 37.9. The van der Waals surface area contributed by atoms with Crippen LogP contribution in [0.4, 0.5) is 11.4 Å². The van der Waals surface area contributed by atoms with Crippen LogP contribution < -0.4 is 10.5 Å². The molecule has 0 spiro atoms. The smallest absolute Gasteiger partial charge is 0.108 e. The van der Waals surface area contributed by atoms with E-state index in [-0.39, 0.29) is 6.10 Å². The van der Waals surface area contributed by atoms with E-state index in [1.165, 1.54) is 128 Å². The second-order valence-electron chi connectivity index (χ2n) is 16.5. The summed E-state index contributed by atoms with van der Waals surface area (Å²) >= 11 is 0. The largest absolute Gasteiger partial charge is 0.369 e. The highest BCUT2D eigenvalue weighted by Crippen LogP contribution is 2.31. The standard InChI is InChI=1S/C50H88N2O5/c1-7-11-15-19-23-27-40-54-51(55-41-28-24-20-16-12-8-2)48-35-31-46(32-36-48)50(53-44-39-45(5)6)47-33-37-49(38-34-47)52(56-42-29-25-21-17-13-9-3)57-43-30-26-22-18-14-10-4/h31-38,45,50H,7-30,39-44H2,1-6H3. The topological polar surface area (TPSA) is 52.6 Å². The summed E-state index contributed by atoms with van der Waals surface area (Å²) in [6.45, 7) is 16.8. The highest BCUT2D eigenvalue weighted by molar-refractivity contribution is 5.48. The molecule has 2 aromatic rings. The van der Waals surface area contributed by atoms with Crippen molar-refractivity contribution in [3.05, 3.63) is 59.7 Å². The molecule has 0 aliphatic heterocycles. The van der Waals surface area contributed by atoms with Gasteiger partial charge in [-0.1, -0.05) is 194 Å². The van der Waals surface area contributed by atoms with Crippen molar-refractivity contribution in [1.29, 1.82) is 0 Å². The molecular formula is C50H88N2O5. The maximum absolute atomic E-state index is 6.65. The van der Waals surface area contributed by atoms with Crippen LogP contribution in [0.2, 0.25) is 0 Å². The predicted octanol–water partition coefficient (Wildman–Crippen LogP) is 15.6. The van der Waals surface area contributed by atoms with E-state index in [9.17, 15) is 0 Å². The van der Waals surface area contributed by atoms with Gasteiger partial charge in [-0.15, -0.1) is 10.5 Å². The Balaban J connectivity index is 2.17. The Labute approximate surface area is 351 Å². The third-order valence-corrected chi connectivity index (χ3v) is 10.6. The van der Waals surface area contributed by atoms with Gasteiger partial charge in [0.15, 0.2) is 0 Å². The monoisotopic (exact) mass is 797 g/mol. The number of anilines is 2. The third kappa shape index (κ3) is 25.2. The quantitative estimate of drug-likeness (QED) is 0.0492. The second kappa shape index (κ2) is 35.8. The molecule has 0 aromatic heterocycles. The predicted molar refractivity (Wildman–Crippen MR) is 242 cm³/mol. The Bertz CT molecular complexity index is 1020. The zero-order chi connectivity index (χ0) is 41.0. The average Bonchev–Trinajstić information content (AvgIpc) is 3.22. The van der Waals surface area contributed by atoms with Gasteiger partial charge < -0.3 is 4.74 Å². The lowest BCUT2D eigenvalue weighted by atomic mass is 10.0. The van der Waals surface area contributed by atoms with Crippen molar-refractivity contribution in [2.45, 2.75) is 208 Å². The molecule has 7 nitrogen and oxygen atoms in total. The normalized spacial score (nSPS) is 11.6. The highest BCUT2D eigenvalue weighted by Gasteiger charge is 2.19. The van der Waals surface area contributed by atoms with Gasteiger partial charge in [-0.25, -0.2) is 19.4 Å². The molecule has 0 heterocycles. The highest BCUT2D eigenvalue weighted by atomic mass is 17.0. The zero-order valence-corrected chi connectivity index (χ0v) is 37.9. The Morgan fingerprint density at radius 1 is 0.368 bits per heavy atom. The van der Waals surface area contributed by atoms with E-state index in [0.29, 0.717) is 39.0 Å². The van der Waals surface area contributed by atoms with Crippen molar-refractivity contribution in [1.82, 2.24) is 0 Å². The lowest BCUT2D eigenvalue weighted by molar-refractivity contribution is -0.0916. The number of hydrogen-bond donors (Lipinski definition) is 0. The van der Waals surface area contributed by atoms with Gasteiger partial charge in [0.2, 0.25) is 0 Å². The lowest BCUT2D eigenvalue weighted by Crippen LogP contribution is -2.25. The molecule has 0 aliphatic carbocycles. The molecule has 0 N–H and O–H groups in total. The van der Waals surface area contributed by atoms with Crippen LogP contribution in [0.15, 0.2) is 48.5 Å². The Morgan fingerprint density at radius 3 is 0.930 bits per heavy atom. The van der Waals surface area contributed by atoms with Crippen molar-refractivity contribution in [3.63, 3.8) is 0 Å². The fourth-order valence-corrected chi connectivity index (χ4v) is 6.84. The molecule has 0 unspecified atom stereocenters. The molecule has 57 heavy (non-hydrogen) atoms. The number of benzene rings is 2. The first-order chi connectivity index (χ1) is 28.0. The first-order valence-electron chi connectivity index (χ1n) is 24.0. The summed E-state index contributed by atoms with van der Waals surface area (Å²) in [5.74, 6) is 0.567. The minimum Gasteiger partial charge on any atom is -0.369 e. The van der Waals surface area contributed by atoms with Crippen LogP contribution >= 0.6 is 0 Å². The number of unbranched alkanes of at least 4 members (excludes halogenated alkanes) is 20. The second-order valence-corrected chi connectivity index (χ2v) is 16.5. The maximum Gasteiger partial charge on any atom is 0.108 e. The Morgan fingerprint density at radius 2 is 0.649 bits per heavy atom. The molecular weight excluding hydrogens is 709 g/mol. The van der Waals surface area contributed by atoms with Gasteiger partial charge in [-0.05, 0) is 73.4 Å². The molecule has 328 valence electrons. The van der Waals surface area contributed by atoms with Gasteiger partial charge in [0.25, 0.3) is 0 Å². The summed E-state index contributed by atoms with van der Waals surface area (Å²) in [5.41, 5.74) is 4.04. The number of ether oxygens (including phenoxy) is 1. The van der Waals surface area contributed by atoms with Crippen LogP contribution in [0.25, 0.3) is 0 Å². The van der Waals surface area contributed by atoms with Gasteiger partial charge in [0, 0.05) is 6.61 Å². The number of hydrogen-bond acceptors (Lipinski definition) is 7. The van der Waals surface area contributed by atoms with Crippen molar-refractivity contribution >= 4 is 11.4 Å². The third-order valence-electron chi connectivity index (χ3n) is 10.6. The van der Waals surface area contributed by atoms with Gasteiger partial charge >= 0.3 is 0 Å². The first kappa shape index (κ1) is 51.0. The van der Waals surface area contributed by atoms with Crippen LogP contribution in [0.3, 0.4) is 0 Å². The summed E-state index contributed by atoms with van der Waals surface area (Å²) in [7, 11) is 0. The molecule has 2 aromatic carbocycles. The van der Waals surface area contributed by atoms with E-state index in [1.54, 1.807) is 10.5 Å². The average molecular weight is 797 g/mol. The molecule has 0 fully saturated rings. The summed E-state index contributed by atoms with van der Waals surface area (Å²) < 4.78 is 6.65. The van der Waals surface area contributed by atoms with Crippen molar-refractivity contribution in [3.8, 4) is 0 Å². The fourth-order valence-electron chi connectivity index (χ4n) is 6.84. The number of rotatable bonds is 40. The van der Waals surface area contributed by atoms with Crippen molar-refractivity contribution < 1.29 is 24.1 Å². The fraction of sp³-hybridized carbons (Fsp3) is 0.760. The van der Waals surface area contributed by atoms with Crippen LogP contribution in [0.1, 0.15) is 219 Å². The summed E-state index contributed by atoms with van der Waals surface area (Å²) in [6, 6.07) is 17.1. The van der Waals surface area contributed by atoms with Crippen LogP contribution in [0.5, 0.6) is 0 Å². The van der Waals surface area contributed by atoms with Crippen LogP contribution in [0, 0.1) is 5.92 Å². The molecule has 0 saturated heterocycles. The Hall–Kier alpha value is -2.16. The minimum absolute atomic E-state index is 0.199. The molecule has 0 saturated carbocycles. The van der Waals surface area contributed by atoms with Crippen molar-refractivity contribution in [2.75, 3.05) is 43.5 Å². The minimum atomic E-state index is -0.199. The van der Waals surface area contributed by atoms with E-state index < -0.39 is 0 Å². The van der Waals surface area contributed by atoms with E-state index in [0.717, 1.165) is 54.6 Å². The van der Waals surface area contributed by atoms with Gasteiger partial charge in [0.05, 0.1) is 37.8 Å². The molecule has 0 radical (unpaired) electrons. The van der Waals surface area contributed by atoms with Crippen LogP contribution in [-0.2, 0) is 24.1 Å². The molecule has 0 amide bonds. The summed E-state index contributed by atoms with van der Waals surface area (Å²) in [4.78, 5) is 25.0. The molecule has 2 rings (SSSR count). The molecule has 0 aliphatic rings. The van der Waals surface area contributed by atoms with Gasteiger partial charge in [-0.2, -0.15) is 0 Å². The van der Waals surface area contributed by atoms with Crippen LogP contribution in [-0.4, -0.2) is 33.0 Å². The maximum atomic E-state index is 6.65. The summed E-state index contributed by atoms with van der Waals surface area (Å²) in [5, 5.41) is 3.33. The first-order valence-corrected chi connectivity index (χ1v) is 24.0.